The Balaban J connectivity index is 1.30. The highest BCUT2D eigenvalue weighted by Gasteiger charge is 2.10. The van der Waals surface area contributed by atoms with Crippen LogP contribution in [0.3, 0.4) is 0 Å². The quantitative estimate of drug-likeness (QED) is 0.244. The van der Waals surface area contributed by atoms with Crippen molar-refractivity contribution in [1.29, 1.82) is 0 Å². The molecule has 0 amide bonds. The largest absolute Gasteiger partial charge is 0.489 e. The van der Waals surface area contributed by atoms with Crippen molar-refractivity contribution in [1.82, 2.24) is 15.3 Å². The van der Waals surface area contributed by atoms with Crippen LogP contribution in [0.1, 0.15) is 11.3 Å². The Labute approximate surface area is 207 Å². The molecule has 0 unspecified atom stereocenters. The number of aliphatic carboxylic acids is 1. The molecule has 0 aliphatic heterocycles. The molecule has 0 spiro atoms. The van der Waals surface area contributed by atoms with E-state index in [1.165, 1.54) is 6.33 Å². The van der Waals surface area contributed by atoms with E-state index < -0.39 is 5.97 Å². The zero-order chi connectivity index (χ0) is 24.7. The Hall–Kier alpha value is -4.69. The third-order valence-electron chi connectivity index (χ3n) is 5.52. The van der Waals surface area contributed by atoms with Crippen LogP contribution in [0.2, 0.25) is 0 Å². The van der Waals surface area contributed by atoms with E-state index in [0.29, 0.717) is 30.5 Å². The van der Waals surface area contributed by atoms with Gasteiger partial charge in [-0.15, -0.1) is 0 Å². The number of hydrogen-bond acceptors (Lipinski definition) is 7. The molecule has 0 bridgehead atoms. The van der Waals surface area contributed by atoms with Crippen LogP contribution in [0.15, 0.2) is 95.7 Å². The fourth-order valence-corrected chi connectivity index (χ4v) is 3.74. The van der Waals surface area contributed by atoms with Crippen molar-refractivity contribution in [3.8, 4) is 17.1 Å². The number of carbonyl (C=O) groups is 1. The molecule has 5 rings (SSSR count). The average Bonchev–Trinajstić information content (AvgIpc) is 3.38. The van der Waals surface area contributed by atoms with Crippen LogP contribution in [-0.2, 0) is 17.9 Å². The maximum atomic E-state index is 10.7. The number of ether oxygens (including phenoxy) is 1. The molecule has 8 nitrogen and oxygen atoms in total. The Morgan fingerprint density at radius 1 is 0.944 bits per heavy atom. The molecule has 180 valence electrons. The Kier molecular flexibility index (Phi) is 6.86. The number of anilines is 2. The number of carboxylic acid groups (broad SMARTS) is 1. The number of aromatic nitrogens is 2. The lowest BCUT2D eigenvalue weighted by molar-refractivity contribution is -0.136. The van der Waals surface area contributed by atoms with Crippen LogP contribution in [0, 0.1) is 0 Å². The maximum Gasteiger partial charge on any atom is 0.317 e. The number of carboxylic acids is 1. The molecular formula is C28H24N4O4. The van der Waals surface area contributed by atoms with Gasteiger partial charge in [-0.25, -0.2) is 9.97 Å². The second-order valence-electron chi connectivity index (χ2n) is 8.14. The van der Waals surface area contributed by atoms with E-state index in [1.54, 1.807) is 0 Å². The number of hydrogen-bond donors (Lipinski definition) is 3. The van der Waals surface area contributed by atoms with Gasteiger partial charge < -0.3 is 19.6 Å². The van der Waals surface area contributed by atoms with Crippen LogP contribution < -0.4 is 15.4 Å². The van der Waals surface area contributed by atoms with Crippen molar-refractivity contribution in [3.63, 3.8) is 0 Å². The molecule has 0 fully saturated rings. The molecular weight excluding hydrogens is 456 g/mol. The molecule has 8 heteroatoms. The van der Waals surface area contributed by atoms with Crippen molar-refractivity contribution in [3.05, 3.63) is 103 Å². The second kappa shape index (κ2) is 10.7. The van der Waals surface area contributed by atoms with Gasteiger partial charge >= 0.3 is 5.97 Å². The minimum absolute atomic E-state index is 0.126. The summed E-state index contributed by atoms with van der Waals surface area (Å²) in [7, 11) is 0. The van der Waals surface area contributed by atoms with E-state index in [1.807, 2.05) is 84.9 Å². The van der Waals surface area contributed by atoms with E-state index in [2.05, 4.69) is 20.6 Å². The number of nitrogens with one attached hydrogen (secondary N) is 2. The first-order valence-electron chi connectivity index (χ1n) is 11.4. The van der Waals surface area contributed by atoms with Gasteiger partial charge in [-0.2, -0.15) is 0 Å². The normalized spacial score (nSPS) is 10.9. The Bertz CT molecular complexity index is 1470. The number of rotatable bonds is 10. The van der Waals surface area contributed by atoms with E-state index in [-0.39, 0.29) is 6.54 Å². The first-order chi connectivity index (χ1) is 17.6. The maximum absolute atomic E-state index is 10.7. The van der Waals surface area contributed by atoms with Crippen LogP contribution in [-0.4, -0.2) is 27.6 Å². The molecule has 0 radical (unpaired) electrons. The van der Waals surface area contributed by atoms with Crippen LogP contribution in [0.25, 0.3) is 22.2 Å². The first-order valence-corrected chi connectivity index (χ1v) is 11.4. The molecule has 5 aromatic rings. The molecule has 0 aliphatic carbocycles. The molecule has 0 saturated carbocycles. The van der Waals surface area contributed by atoms with Gasteiger partial charge in [0.15, 0.2) is 0 Å². The minimum Gasteiger partial charge on any atom is -0.489 e. The minimum atomic E-state index is -0.911. The molecule has 0 saturated heterocycles. The lowest BCUT2D eigenvalue weighted by atomic mass is 10.1. The second-order valence-corrected chi connectivity index (χ2v) is 8.14. The van der Waals surface area contributed by atoms with Crippen molar-refractivity contribution in [2.45, 2.75) is 13.2 Å². The highest BCUT2D eigenvalue weighted by Crippen LogP contribution is 2.30. The molecule has 2 heterocycles. The van der Waals surface area contributed by atoms with Gasteiger partial charge in [-0.05, 0) is 60.2 Å². The van der Waals surface area contributed by atoms with Gasteiger partial charge in [0.1, 0.15) is 36.0 Å². The Morgan fingerprint density at radius 3 is 2.58 bits per heavy atom. The summed E-state index contributed by atoms with van der Waals surface area (Å²) in [4.78, 5) is 19.5. The van der Waals surface area contributed by atoms with Crippen molar-refractivity contribution in [2.75, 3.05) is 11.9 Å². The SMILES string of the molecule is O=C(O)CNCc1ccc(-c2ccc3ncnc(Nc4ccc(OCc5ccccc5)cc4)c3c2)o1. The Morgan fingerprint density at radius 2 is 1.78 bits per heavy atom. The summed E-state index contributed by atoms with van der Waals surface area (Å²) < 4.78 is 11.8. The fraction of sp³-hybridized carbons (Fsp3) is 0.107. The topological polar surface area (TPSA) is 110 Å². The monoisotopic (exact) mass is 480 g/mol. The van der Waals surface area contributed by atoms with Crippen LogP contribution in [0.4, 0.5) is 11.5 Å². The van der Waals surface area contributed by atoms with E-state index in [0.717, 1.165) is 33.5 Å². The third-order valence-corrected chi connectivity index (χ3v) is 5.52. The van der Waals surface area contributed by atoms with Gasteiger partial charge in [0.05, 0.1) is 18.6 Å². The van der Waals surface area contributed by atoms with Crippen LogP contribution in [0.5, 0.6) is 5.75 Å². The highest BCUT2D eigenvalue weighted by atomic mass is 16.5. The van der Waals surface area contributed by atoms with Crippen molar-refractivity contribution >= 4 is 28.4 Å². The van der Waals surface area contributed by atoms with E-state index in [9.17, 15) is 4.79 Å². The summed E-state index contributed by atoms with van der Waals surface area (Å²) >= 11 is 0. The molecule has 2 aromatic heterocycles. The van der Waals surface area contributed by atoms with Gasteiger partial charge in [0.2, 0.25) is 0 Å². The lowest BCUT2D eigenvalue weighted by Crippen LogP contribution is -2.21. The molecule has 0 aliphatic rings. The number of nitrogens with zero attached hydrogens (tertiary/aromatic N) is 2. The van der Waals surface area contributed by atoms with Gasteiger partial charge in [-0.1, -0.05) is 30.3 Å². The summed E-state index contributed by atoms with van der Waals surface area (Å²) in [6, 6.07) is 27.3. The predicted octanol–water partition coefficient (Wildman–Crippen LogP) is 5.39. The lowest BCUT2D eigenvalue weighted by Gasteiger charge is -2.11. The van der Waals surface area contributed by atoms with Crippen molar-refractivity contribution in [2.24, 2.45) is 0 Å². The molecule has 3 N–H and O–H groups in total. The summed E-state index contributed by atoms with van der Waals surface area (Å²) in [6.07, 6.45) is 1.53. The third kappa shape index (κ3) is 5.68. The van der Waals surface area contributed by atoms with E-state index >= 15 is 0 Å². The standard InChI is InChI=1S/C28H24N4O4/c33-27(34)16-29-15-23-11-13-26(36-23)20-6-12-25-24(14-20)28(31-18-30-25)32-21-7-9-22(10-8-21)35-17-19-4-2-1-3-5-19/h1-14,18,29H,15-17H2,(H,33,34)(H,30,31,32). The summed E-state index contributed by atoms with van der Waals surface area (Å²) in [5.74, 6) is 1.88. The highest BCUT2D eigenvalue weighted by molar-refractivity contribution is 5.93. The summed E-state index contributed by atoms with van der Waals surface area (Å²) in [5, 5.41) is 15.8. The van der Waals surface area contributed by atoms with Gasteiger partial charge in [0.25, 0.3) is 0 Å². The van der Waals surface area contributed by atoms with Gasteiger partial charge in [0, 0.05) is 16.6 Å². The average molecular weight is 481 g/mol. The smallest absolute Gasteiger partial charge is 0.317 e. The summed E-state index contributed by atoms with van der Waals surface area (Å²) in [6.45, 7) is 0.719. The predicted molar refractivity (Wildman–Crippen MR) is 137 cm³/mol. The number of benzene rings is 3. The molecule has 3 aromatic carbocycles. The summed E-state index contributed by atoms with van der Waals surface area (Å²) in [5.41, 5.74) is 3.66. The van der Waals surface area contributed by atoms with E-state index in [4.69, 9.17) is 14.3 Å². The fourth-order valence-electron chi connectivity index (χ4n) is 3.74. The molecule has 0 atom stereocenters. The zero-order valence-electron chi connectivity index (χ0n) is 19.3. The zero-order valence-corrected chi connectivity index (χ0v) is 19.3. The van der Waals surface area contributed by atoms with Crippen LogP contribution >= 0.6 is 0 Å². The number of fused-ring (bicyclic) bond motifs is 1. The number of furan rings is 1. The first kappa shape index (κ1) is 23.1. The molecule has 36 heavy (non-hydrogen) atoms. The van der Waals surface area contributed by atoms with Gasteiger partial charge in [-0.3, -0.25) is 10.1 Å². The van der Waals surface area contributed by atoms with Crippen molar-refractivity contribution < 1.29 is 19.1 Å².